The van der Waals surface area contributed by atoms with Crippen molar-refractivity contribution in [2.45, 2.75) is 6.54 Å². The number of benzene rings is 2. The number of aromatic nitrogens is 2. The van der Waals surface area contributed by atoms with Crippen molar-refractivity contribution in [2.24, 2.45) is 0 Å². The van der Waals surface area contributed by atoms with Crippen LogP contribution in [0.25, 0.3) is 10.2 Å². The molecule has 0 fully saturated rings. The lowest BCUT2D eigenvalue weighted by molar-refractivity contribution is 0.628. The Morgan fingerprint density at radius 2 is 1.72 bits per heavy atom. The molecule has 0 atom stereocenters. The molecule has 0 spiro atoms. The third-order valence-electron chi connectivity index (χ3n) is 3.71. The normalized spacial score (nSPS) is 10.8. The summed E-state index contributed by atoms with van der Waals surface area (Å²) in [5, 5.41) is 8.51. The molecule has 0 saturated carbocycles. The van der Waals surface area contributed by atoms with Crippen LogP contribution in [0.5, 0.6) is 0 Å². The van der Waals surface area contributed by atoms with Gasteiger partial charge in [-0.05, 0) is 41.3 Å². The second kappa shape index (κ2) is 6.86. The Labute approximate surface area is 148 Å². The molecule has 2 aromatic carbocycles. The fraction of sp³-hybridized carbons (Fsp3) is 0.0526. The van der Waals surface area contributed by atoms with Gasteiger partial charge in [0.2, 0.25) is 5.95 Å². The SMILES string of the molecule is Fc1ccc(Nc2nc(NCc3ccccc3)c3sccc3n2)cc1. The average Bonchev–Trinajstić information content (AvgIpc) is 3.11. The highest BCUT2D eigenvalue weighted by Crippen LogP contribution is 2.28. The first-order valence-electron chi connectivity index (χ1n) is 7.83. The molecule has 0 aliphatic rings. The van der Waals surface area contributed by atoms with E-state index in [1.165, 1.54) is 17.7 Å². The third-order valence-corrected chi connectivity index (χ3v) is 4.62. The van der Waals surface area contributed by atoms with Crippen LogP contribution in [-0.2, 0) is 6.54 Å². The van der Waals surface area contributed by atoms with E-state index in [2.05, 4.69) is 32.7 Å². The highest BCUT2D eigenvalue weighted by atomic mass is 32.1. The highest BCUT2D eigenvalue weighted by molar-refractivity contribution is 7.17. The Bertz CT molecular complexity index is 983. The molecule has 0 amide bonds. The number of nitrogens with one attached hydrogen (secondary N) is 2. The number of hydrogen-bond donors (Lipinski definition) is 2. The Kier molecular flexibility index (Phi) is 4.26. The summed E-state index contributed by atoms with van der Waals surface area (Å²) in [6, 6.07) is 18.2. The predicted octanol–water partition coefficient (Wildman–Crippen LogP) is 5.19. The summed E-state index contributed by atoms with van der Waals surface area (Å²) in [7, 11) is 0. The van der Waals surface area contributed by atoms with Crippen LogP contribution in [0.15, 0.2) is 66.0 Å². The van der Waals surface area contributed by atoms with Gasteiger partial charge in [0.15, 0.2) is 0 Å². The molecule has 2 N–H and O–H groups in total. The first-order valence-corrected chi connectivity index (χ1v) is 8.71. The van der Waals surface area contributed by atoms with Crippen molar-refractivity contribution in [1.29, 1.82) is 0 Å². The van der Waals surface area contributed by atoms with E-state index in [0.717, 1.165) is 21.7 Å². The Hall–Kier alpha value is -2.99. The first kappa shape index (κ1) is 15.5. The van der Waals surface area contributed by atoms with Crippen LogP contribution in [0.4, 0.5) is 21.8 Å². The molecule has 0 aliphatic carbocycles. The number of anilines is 3. The van der Waals surface area contributed by atoms with E-state index in [4.69, 9.17) is 0 Å². The summed E-state index contributed by atoms with van der Waals surface area (Å²) in [4.78, 5) is 9.11. The maximum absolute atomic E-state index is 13.1. The van der Waals surface area contributed by atoms with Crippen molar-refractivity contribution in [1.82, 2.24) is 9.97 Å². The molecule has 25 heavy (non-hydrogen) atoms. The topological polar surface area (TPSA) is 49.8 Å². The summed E-state index contributed by atoms with van der Waals surface area (Å²) in [5.74, 6) is 0.992. The van der Waals surface area contributed by atoms with Crippen molar-refractivity contribution in [2.75, 3.05) is 10.6 Å². The fourth-order valence-corrected chi connectivity index (χ4v) is 3.28. The molecule has 4 aromatic rings. The molecular formula is C19H15FN4S. The molecule has 4 rings (SSSR count). The summed E-state index contributed by atoms with van der Waals surface area (Å²) in [6.07, 6.45) is 0. The quantitative estimate of drug-likeness (QED) is 0.520. The van der Waals surface area contributed by atoms with Gasteiger partial charge in [0.1, 0.15) is 11.6 Å². The predicted molar refractivity (Wildman–Crippen MR) is 101 cm³/mol. The van der Waals surface area contributed by atoms with Gasteiger partial charge < -0.3 is 10.6 Å². The van der Waals surface area contributed by atoms with E-state index in [0.29, 0.717) is 12.5 Å². The number of fused-ring (bicyclic) bond motifs is 1. The molecule has 2 heterocycles. The largest absolute Gasteiger partial charge is 0.365 e. The lowest BCUT2D eigenvalue weighted by Gasteiger charge is -2.10. The van der Waals surface area contributed by atoms with Gasteiger partial charge in [0.25, 0.3) is 0 Å². The van der Waals surface area contributed by atoms with E-state index in [1.807, 2.05) is 29.6 Å². The van der Waals surface area contributed by atoms with E-state index in [9.17, 15) is 4.39 Å². The molecule has 0 aliphatic heterocycles. The Morgan fingerprint density at radius 3 is 2.52 bits per heavy atom. The fourth-order valence-electron chi connectivity index (χ4n) is 2.48. The number of halogens is 1. The third kappa shape index (κ3) is 3.59. The molecule has 0 bridgehead atoms. The molecule has 0 radical (unpaired) electrons. The summed E-state index contributed by atoms with van der Waals surface area (Å²) in [6.45, 7) is 0.681. The molecular weight excluding hydrogens is 335 g/mol. The van der Waals surface area contributed by atoms with Gasteiger partial charge in [-0.1, -0.05) is 30.3 Å². The van der Waals surface area contributed by atoms with E-state index < -0.39 is 0 Å². The molecule has 6 heteroatoms. The second-order valence-corrected chi connectivity index (χ2v) is 6.42. The van der Waals surface area contributed by atoms with Crippen LogP contribution in [0.2, 0.25) is 0 Å². The minimum Gasteiger partial charge on any atom is -0.365 e. The Balaban J connectivity index is 1.61. The number of thiophene rings is 1. The summed E-state index contributed by atoms with van der Waals surface area (Å²) < 4.78 is 14.1. The van der Waals surface area contributed by atoms with Gasteiger partial charge in [0.05, 0.1) is 10.2 Å². The molecule has 4 nitrogen and oxygen atoms in total. The van der Waals surface area contributed by atoms with Crippen LogP contribution in [-0.4, -0.2) is 9.97 Å². The van der Waals surface area contributed by atoms with Crippen LogP contribution in [0, 0.1) is 5.82 Å². The van der Waals surface area contributed by atoms with Crippen LogP contribution in [0.1, 0.15) is 5.56 Å². The van der Waals surface area contributed by atoms with Gasteiger partial charge >= 0.3 is 0 Å². The van der Waals surface area contributed by atoms with Crippen molar-refractivity contribution in [3.8, 4) is 0 Å². The number of nitrogens with zero attached hydrogens (tertiary/aromatic N) is 2. The zero-order valence-corrected chi connectivity index (χ0v) is 14.1. The van der Waals surface area contributed by atoms with Gasteiger partial charge in [0, 0.05) is 12.2 Å². The van der Waals surface area contributed by atoms with Crippen molar-refractivity contribution >= 4 is 39.0 Å². The highest BCUT2D eigenvalue weighted by Gasteiger charge is 2.09. The van der Waals surface area contributed by atoms with E-state index in [1.54, 1.807) is 23.5 Å². The first-order chi connectivity index (χ1) is 12.3. The standard InChI is InChI=1S/C19H15FN4S/c20-14-6-8-15(9-7-14)22-19-23-16-10-11-25-17(16)18(24-19)21-12-13-4-2-1-3-5-13/h1-11H,12H2,(H2,21,22,23,24). The maximum atomic E-state index is 13.1. The second-order valence-electron chi connectivity index (χ2n) is 5.50. The number of rotatable bonds is 5. The smallest absolute Gasteiger partial charge is 0.229 e. The number of hydrogen-bond acceptors (Lipinski definition) is 5. The zero-order valence-electron chi connectivity index (χ0n) is 13.2. The van der Waals surface area contributed by atoms with Crippen molar-refractivity contribution < 1.29 is 4.39 Å². The minimum absolute atomic E-state index is 0.273. The van der Waals surface area contributed by atoms with E-state index >= 15 is 0 Å². The zero-order chi connectivity index (χ0) is 17.1. The van der Waals surface area contributed by atoms with Crippen LogP contribution >= 0.6 is 11.3 Å². The van der Waals surface area contributed by atoms with Crippen molar-refractivity contribution in [3.63, 3.8) is 0 Å². The molecule has 124 valence electrons. The average molecular weight is 350 g/mol. The molecule has 2 aromatic heterocycles. The van der Waals surface area contributed by atoms with Gasteiger partial charge in [-0.15, -0.1) is 11.3 Å². The monoisotopic (exact) mass is 350 g/mol. The van der Waals surface area contributed by atoms with Crippen molar-refractivity contribution in [3.05, 3.63) is 77.4 Å². The summed E-state index contributed by atoms with van der Waals surface area (Å²) in [5.41, 5.74) is 2.80. The van der Waals surface area contributed by atoms with Crippen LogP contribution < -0.4 is 10.6 Å². The summed E-state index contributed by atoms with van der Waals surface area (Å²) >= 11 is 1.60. The van der Waals surface area contributed by atoms with E-state index in [-0.39, 0.29) is 5.82 Å². The Morgan fingerprint density at radius 1 is 0.920 bits per heavy atom. The van der Waals surface area contributed by atoms with Gasteiger partial charge in [-0.3, -0.25) is 0 Å². The lowest BCUT2D eigenvalue weighted by Crippen LogP contribution is -2.04. The molecule has 0 unspecified atom stereocenters. The van der Waals surface area contributed by atoms with Gasteiger partial charge in [-0.25, -0.2) is 9.37 Å². The maximum Gasteiger partial charge on any atom is 0.229 e. The minimum atomic E-state index is -0.273. The lowest BCUT2D eigenvalue weighted by atomic mass is 10.2. The molecule has 0 saturated heterocycles. The van der Waals surface area contributed by atoms with Crippen LogP contribution in [0.3, 0.4) is 0 Å². The van der Waals surface area contributed by atoms with Gasteiger partial charge in [-0.2, -0.15) is 4.98 Å².